The van der Waals surface area contributed by atoms with Gasteiger partial charge in [-0.1, -0.05) is 67.9 Å². The highest BCUT2D eigenvalue weighted by molar-refractivity contribution is 5.64. The van der Waals surface area contributed by atoms with Gasteiger partial charge in [-0.15, -0.1) is 0 Å². The summed E-state index contributed by atoms with van der Waals surface area (Å²) in [6.45, 7) is 0. The highest BCUT2D eigenvalue weighted by Crippen LogP contribution is 2.07. The average molecular weight is 309 g/mol. The lowest BCUT2D eigenvalue weighted by molar-refractivity contribution is -0.305. The van der Waals surface area contributed by atoms with Crippen molar-refractivity contribution in [3.05, 3.63) is 35.9 Å². The molecule has 0 aliphatic heterocycles. The predicted octanol–water partition coefficient (Wildman–Crippen LogP) is 3.50. The Bertz CT molecular complexity index is 552. The maximum atomic E-state index is 10.2. The molecule has 0 amide bonds. The lowest BCUT2D eigenvalue weighted by atomic mass is 10.1. The first kappa shape index (κ1) is 18.9. The minimum atomic E-state index is -0.940. The molecule has 1 aromatic carbocycles. The van der Waals surface area contributed by atoms with Crippen molar-refractivity contribution in [1.82, 2.24) is 0 Å². The zero-order chi connectivity index (χ0) is 16.6. The second-order valence-corrected chi connectivity index (χ2v) is 5.58. The molecular formula is C21H25O2-. The van der Waals surface area contributed by atoms with Gasteiger partial charge < -0.3 is 9.90 Å². The summed E-state index contributed by atoms with van der Waals surface area (Å²) in [6.07, 6.45) is 9.13. The molecule has 0 bridgehead atoms. The standard InChI is InChI=1S/C21H26O2/c22-21(23)19-15-10-8-6-4-2-1-3-5-7-9-12-16-20-17-13-11-14-18-20/h11,13-14,17-18H,1-2,4,6,8,10,12,15-16,19H2,(H,22,23)/p-1. The Morgan fingerprint density at radius 2 is 1.43 bits per heavy atom. The van der Waals surface area contributed by atoms with Crippen LogP contribution in [0.25, 0.3) is 0 Å². The molecule has 0 unspecified atom stereocenters. The Labute approximate surface area is 140 Å². The molecule has 0 spiro atoms. The van der Waals surface area contributed by atoms with Crippen molar-refractivity contribution >= 4 is 5.97 Å². The van der Waals surface area contributed by atoms with Crippen LogP contribution in [0.3, 0.4) is 0 Å². The number of hydrogen-bond acceptors (Lipinski definition) is 2. The Morgan fingerprint density at radius 1 is 0.826 bits per heavy atom. The SMILES string of the molecule is O=C([O-])CCCCCCCCC#CC#CCCc1ccccc1. The van der Waals surface area contributed by atoms with E-state index in [-0.39, 0.29) is 6.42 Å². The van der Waals surface area contributed by atoms with Crippen LogP contribution in [0.15, 0.2) is 30.3 Å². The quantitative estimate of drug-likeness (QED) is 0.490. The maximum absolute atomic E-state index is 10.2. The number of aryl methyl sites for hydroxylation is 1. The van der Waals surface area contributed by atoms with Crippen LogP contribution in [0, 0.1) is 23.7 Å². The number of carbonyl (C=O) groups is 1. The number of carbonyl (C=O) groups excluding carboxylic acids is 1. The van der Waals surface area contributed by atoms with E-state index >= 15 is 0 Å². The number of aliphatic carboxylic acids is 1. The third-order valence-corrected chi connectivity index (χ3v) is 3.55. The van der Waals surface area contributed by atoms with Crippen molar-refractivity contribution in [2.45, 2.75) is 64.2 Å². The van der Waals surface area contributed by atoms with E-state index in [0.29, 0.717) is 0 Å². The fourth-order valence-electron chi connectivity index (χ4n) is 2.25. The molecule has 0 aliphatic carbocycles. The third-order valence-electron chi connectivity index (χ3n) is 3.55. The van der Waals surface area contributed by atoms with Crippen LogP contribution in [-0.4, -0.2) is 5.97 Å². The smallest absolute Gasteiger partial charge is 0.0414 e. The summed E-state index contributed by atoms with van der Waals surface area (Å²) in [5.74, 6) is 11.1. The van der Waals surface area contributed by atoms with Crippen molar-refractivity contribution in [2.24, 2.45) is 0 Å². The fraction of sp³-hybridized carbons (Fsp3) is 0.476. The van der Waals surface area contributed by atoms with Crippen LogP contribution < -0.4 is 5.11 Å². The predicted molar refractivity (Wildman–Crippen MR) is 92.3 cm³/mol. The second-order valence-electron chi connectivity index (χ2n) is 5.58. The molecule has 0 saturated heterocycles. The van der Waals surface area contributed by atoms with E-state index in [4.69, 9.17) is 0 Å². The number of unbranched alkanes of at least 4 members (excludes halogenated alkanes) is 6. The third kappa shape index (κ3) is 12.1. The molecule has 1 rings (SSSR count). The van der Waals surface area contributed by atoms with Crippen LogP contribution in [0.5, 0.6) is 0 Å². The Balaban J connectivity index is 1.94. The highest BCUT2D eigenvalue weighted by Gasteiger charge is 1.91. The van der Waals surface area contributed by atoms with Crippen LogP contribution in [0.2, 0.25) is 0 Å². The van der Waals surface area contributed by atoms with Gasteiger partial charge in [-0.2, -0.15) is 0 Å². The summed E-state index contributed by atoms with van der Waals surface area (Å²) in [5, 5.41) is 10.2. The maximum Gasteiger partial charge on any atom is 0.0414 e. The van der Waals surface area contributed by atoms with Gasteiger partial charge in [0.2, 0.25) is 0 Å². The lowest BCUT2D eigenvalue weighted by Gasteiger charge is -2.01. The number of carboxylic acids is 1. The number of rotatable bonds is 10. The Morgan fingerprint density at radius 3 is 2.13 bits per heavy atom. The number of hydrogen-bond donors (Lipinski definition) is 0. The van der Waals surface area contributed by atoms with Crippen molar-refractivity contribution < 1.29 is 9.90 Å². The van der Waals surface area contributed by atoms with Crippen molar-refractivity contribution in [2.75, 3.05) is 0 Å². The van der Waals surface area contributed by atoms with E-state index in [2.05, 4.69) is 35.8 Å². The molecule has 0 aromatic heterocycles. The fourth-order valence-corrected chi connectivity index (χ4v) is 2.25. The molecule has 2 heteroatoms. The van der Waals surface area contributed by atoms with E-state index in [1.165, 1.54) is 5.56 Å². The monoisotopic (exact) mass is 309 g/mol. The summed E-state index contributed by atoms with van der Waals surface area (Å²) in [5.41, 5.74) is 1.31. The zero-order valence-corrected chi connectivity index (χ0v) is 13.8. The Kier molecular flexibility index (Phi) is 11.0. The summed E-state index contributed by atoms with van der Waals surface area (Å²) in [6, 6.07) is 10.4. The number of benzene rings is 1. The van der Waals surface area contributed by atoms with Gasteiger partial charge in [0, 0.05) is 18.8 Å². The molecule has 122 valence electrons. The van der Waals surface area contributed by atoms with Gasteiger partial charge in [0.1, 0.15) is 0 Å². The van der Waals surface area contributed by atoms with Gasteiger partial charge >= 0.3 is 0 Å². The molecule has 0 N–H and O–H groups in total. The second kappa shape index (κ2) is 13.5. The largest absolute Gasteiger partial charge is 0.550 e. The van der Waals surface area contributed by atoms with Crippen LogP contribution in [0.4, 0.5) is 0 Å². The molecule has 0 saturated carbocycles. The van der Waals surface area contributed by atoms with E-state index in [0.717, 1.165) is 57.8 Å². The molecule has 0 radical (unpaired) electrons. The van der Waals surface area contributed by atoms with Crippen molar-refractivity contribution in [3.8, 4) is 23.7 Å². The molecule has 2 nitrogen and oxygen atoms in total. The van der Waals surface area contributed by atoms with Crippen molar-refractivity contribution in [1.29, 1.82) is 0 Å². The molecule has 1 aromatic rings. The molecular weight excluding hydrogens is 284 g/mol. The minimum Gasteiger partial charge on any atom is -0.550 e. The van der Waals surface area contributed by atoms with Gasteiger partial charge in [-0.05, 0) is 43.1 Å². The van der Waals surface area contributed by atoms with Gasteiger partial charge in [0.15, 0.2) is 0 Å². The summed E-state index contributed by atoms with van der Waals surface area (Å²) >= 11 is 0. The minimum absolute atomic E-state index is 0.189. The molecule has 0 fully saturated rings. The summed E-state index contributed by atoms with van der Waals surface area (Å²) < 4.78 is 0. The van der Waals surface area contributed by atoms with E-state index in [9.17, 15) is 9.90 Å². The topological polar surface area (TPSA) is 40.1 Å². The van der Waals surface area contributed by atoms with Gasteiger partial charge in [0.25, 0.3) is 0 Å². The molecule has 0 aliphatic rings. The first-order chi connectivity index (χ1) is 11.3. The lowest BCUT2D eigenvalue weighted by Crippen LogP contribution is -2.21. The summed E-state index contributed by atoms with van der Waals surface area (Å²) in [4.78, 5) is 10.2. The van der Waals surface area contributed by atoms with Gasteiger partial charge in [0.05, 0.1) is 0 Å². The van der Waals surface area contributed by atoms with Crippen molar-refractivity contribution in [3.63, 3.8) is 0 Å². The highest BCUT2D eigenvalue weighted by atomic mass is 16.4. The van der Waals surface area contributed by atoms with E-state index in [1.54, 1.807) is 0 Å². The van der Waals surface area contributed by atoms with Crippen LogP contribution in [-0.2, 0) is 11.2 Å². The van der Waals surface area contributed by atoms with Gasteiger partial charge in [-0.3, -0.25) is 0 Å². The zero-order valence-electron chi connectivity index (χ0n) is 13.8. The summed E-state index contributed by atoms with van der Waals surface area (Å²) in [7, 11) is 0. The molecule has 0 atom stereocenters. The van der Waals surface area contributed by atoms with Gasteiger partial charge in [-0.25, -0.2) is 0 Å². The normalized spacial score (nSPS) is 9.39. The average Bonchev–Trinajstić information content (AvgIpc) is 2.56. The first-order valence-electron chi connectivity index (χ1n) is 8.48. The van der Waals surface area contributed by atoms with Crippen LogP contribution in [0.1, 0.15) is 63.4 Å². The Hall–Kier alpha value is -2.19. The molecule has 0 heterocycles. The van der Waals surface area contributed by atoms with Crippen LogP contribution >= 0.6 is 0 Å². The first-order valence-corrected chi connectivity index (χ1v) is 8.48. The van der Waals surface area contributed by atoms with E-state index < -0.39 is 5.97 Å². The van der Waals surface area contributed by atoms with E-state index in [1.807, 2.05) is 18.2 Å². The molecule has 23 heavy (non-hydrogen) atoms. The number of carboxylic acid groups (broad SMARTS) is 1.